The first-order valence-corrected chi connectivity index (χ1v) is 12.0. The number of Topliss-reactive ketones (excluding diaryl/α,β-unsaturated/α-hetero) is 1. The van der Waals surface area contributed by atoms with Crippen LogP contribution in [0.2, 0.25) is 0 Å². The zero-order valence-electron chi connectivity index (χ0n) is 19.2. The summed E-state index contributed by atoms with van der Waals surface area (Å²) in [5.74, 6) is 0.144. The van der Waals surface area contributed by atoms with Gasteiger partial charge in [-0.3, -0.25) is 9.59 Å². The maximum atomic E-state index is 12.3. The predicted molar refractivity (Wildman–Crippen MR) is 122 cm³/mol. The maximum Gasteiger partial charge on any atom is 0.306 e. The quantitative estimate of drug-likeness (QED) is 0.331. The number of unbranched alkanes of at least 4 members (excludes halogenated alkanes) is 3. The average molecular weight is 433 g/mol. The van der Waals surface area contributed by atoms with Gasteiger partial charge >= 0.3 is 5.97 Å². The van der Waals surface area contributed by atoms with Gasteiger partial charge in [-0.2, -0.15) is 0 Å². The van der Waals surface area contributed by atoms with Crippen LogP contribution in [0.15, 0.2) is 30.3 Å². The standard InChI is InChI=1S/C26H40O5/c1-19(2)31-26(30)13-9-4-3-8-12-22-23(25(29)18-24(22)28)17-16-21(27)15-14-20-10-6-5-7-11-20/h5-7,10-11,19,22-25,28-29H,3-4,8-9,12-18H2,1-2H3/t22-,23-,24+,25-/m1/s1. The number of carbonyl (C=O) groups excluding carboxylic acids is 2. The summed E-state index contributed by atoms with van der Waals surface area (Å²) < 4.78 is 5.14. The van der Waals surface area contributed by atoms with Gasteiger partial charge in [0, 0.05) is 19.3 Å². The highest BCUT2D eigenvalue weighted by Crippen LogP contribution is 2.39. The SMILES string of the molecule is CC(C)OC(=O)CCCCCC[C@@H]1[C@@H](CCC(=O)CCc2ccccc2)[C@H](O)C[C@@H]1O. The molecule has 0 amide bonds. The van der Waals surface area contributed by atoms with Crippen molar-refractivity contribution >= 4 is 11.8 Å². The normalized spacial score (nSPS) is 23.3. The van der Waals surface area contributed by atoms with E-state index in [1.165, 1.54) is 5.56 Å². The number of carbonyl (C=O) groups is 2. The molecule has 4 atom stereocenters. The Bertz CT molecular complexity index is 657. The van der Waals surface area contributed by atoms with Crippen LogP contribution in [0.1, 0.15) is 83.6 Å². The number of hydrogen-bond acceptors (Lipinski definition) is 5. The van der Waals surface area contributed by atoms with Crippen molar-refractivity contribution in [1.82, 2.24) is 0 Å². The van der Waals surface area contributed by atoms with Crippen molar-refractivity contribution in [2.45, 2.75) is 103 Å². The Morgan fingerprint density at radius 1 is 0.903 bits per heavy atom. The lowest BCUT2D eigenvalue weighted by Gasteiger charge is -2.23. The Morgan fingerprint density at radius 3 is 2.23 bits per heavy atom. The van der Waals surface area contributed by atoms with E-state index in [1.807, 2.05) is 44.2 Å². The molecule has 0 heterocycles. The van der Waals surface area contributed by atoms with E-state index in [0.717, 1.165) is 38.5 Å². The summed E-state index contributed by atoms with van der Waals surface area (Å²) in [6, 6.07) is 10.0. The lowest BCUT2D eigenvalue weighted by Crippen LogP contribution is -2.23. The Kier molecular flexibility index (Phi) is 11.2. The second-order valence-electron chi connectivity index (χ2n) is 9.25. The number of rotatable bonds is 14. The van der Waals surface area contributed by atoms with E-state index in [9.17, 15) is 19.8 Å². The number of benzene rings is 1. The van der Waals surface area contributed by atoms with Gasteiger partial charge in [0.25, 0.3) is 0 Å². The number of hydrogen-bond donors (Lipinski definition) is 2. The van der Waals surface area contributed by atoms with Crippen molar-refractivity contribution in [1.29, 1.82) is 0 Å². The molecule has 0 aliphatic heterocycles. The molecule has 1 aliphatic rings. The van der Waals surface area contributed by atoms with Crippen LogP contribution in [0.25, 0.3) is 0 Å². The molecule has 1 fully saturated rings. The highest BCUT2D eigenvalue weighted by molar-refractivity contribution is 5.78. The average Bonchev–Trinajstić information content (AvgIpc) is 3.00. The molecule has 5 heteroatoms. The molecule has 0 saturated heterocycles. The van der Waals surface area contributed by atoms with Crippen LogP contribution in [-0.4, -0.2) is 40.3 Å². The summed E-state index contributed by atoms with van der Waals surface area (Å²) in [7, 11) is 0. The number of aryl methyl sites for hydroxylation is 1. The van der Waals surface area contributed by atoms with E-state index in [2.05, 4.69) is 0 Å². The van der Waals surface area contributed by atoms with Crippen molar-refractivity contribution in [3.05, 3.63) is 35.9 Å². The zero-order valence-corrected chi connectivity index (χ0v) is 19.2. The number of ether oxygens (including phenoxy) is 1. The van der Waals surface area contributed by atoms with Crippen molar-refractivity contribution in [3.8, 4) is 0 Å². The largest absolute Gasteiger partial charge is 0.463 e. The van der Waals surface area contributed by atoms with Gasteiger partial charge in [-0.15, -0.1) is 0 Å². The van der Waals surface area contributed by atoms with E-state index in [-0.39, 0.29) is 29.7 Å². The van der Waals surface area contributed by atoms with Gasteiger partial charge in [-0.05, 0) is 63.4 Å². The third kappa shape index (κ3) is 9.53. The van der Waals surface area contributed by atoms with Gasteiger partial charge in [0.1, 0.15) is 5.78 Å². The molecule has 5 nitrogen and oxygen atoms in total. The molecule has 0 unspecified atom stereocenters. The minimum absolute atomic E-state index is 0.00306. The first-order valence-electron chi connectivity index (χ1n) is 12.0. The topological polar surface area (TPSA) is 83.8 Å². The summed E-state index contributed by atoms with van der Waals surface area (Å²) in [6.45, 7) is 3.71. The van der Waals surface area contributed by atoms with E-state index >= 15 is 0 Å². The van der Waals surface area contributed by atoms with Crippen molar-refractivity contribution < 1.29 is 24.5 Å². The smallest absolute Gasteiger partial charge is 0.306 e. The second kappa shape index (κ2) is 13.6. The Labute approximate surface area is 187 Å². The van der Waals surface area contributed by atoms with E-state index in [0.29, 0.717) is 32.1 Å². The molecule has 2 N–H and O–H groups in total. The fraction of sp³-hybridized carbons (Fsp3) is 0.692. The third-order valence-corrected chi connectivity index (χ3v) is 6.35. The fourth-order valence-electron chi connectivity index (χ4n) is 4.69. The summed E-state index contributed by atoms with van der Waals surface area (Å²) >= 11 is 0. The molecule has 2 rings (SSSR count). The summed E-state index contributed by atoms with van der Waals surface area (Å²) in [6.07, 6.45) is 6.79. The van der Waals surface area contributed by atoms with Crippen LogP contribution in [0.5, 0.6) is 0 Å². The van der Waals surface area contributed by atoms with Crippen LogP contribution in [0, 0.1) is 11.8 Å². The number of ketones is 1. The molecule has 1 saturated carbocycles. The molecule has 174 valence electrons. The molecular weight excluding hydrogens is 392 g/mol. The molecule has 0 radical (unpaired) electrons. The number of esters is 1. The number of aliphatic hydroxyl groups excluding tert-OH is 2. The van der Waals surface area contributed by atoms with Gasteiger partial charge in [0.2, 0.25) is 0 Å². The zero-order chi connectivity index (χ0) is 22.6. The molecule has 1 aliphatic carbocycles. The summed E-state index contributed by atoms with van der Waals surface area (Å²) in [5, 5.41) is 20.8. The Balaban J connectivity index is 1.66. The minimum atomic E-state index is -0.521. The Morgan fingerprint density at radius 2 is 1.55 bits per heavy atom. The van der Waals surface area contributed by atoms with Crippen molar-refractivity contribution in [2.24, 2.45) is 11.8 Å². The monoisotopic (exact) mass is 432 g/mol. The van der Waals surface area contributed by atoms with Gasteiger partial charge in [-0.1, -0.05) is 49.6 Å². The van der Waals surface area contributed by atoms with Crippen LogP contribution in [0.3, 0.4) is 0 Å². The predicted octanol–water partition coefficient (Wildman–Crippen LogP) is 4.62. The van der Waals surface area contributed by atoms with Gasteiger partial charge in [0.15, 0.2) is 0 Å². The maximum absolute atomic E-state index is 12.3. The van der Waals surface area contributed by atoms with E-state index in [1.54, 1.807) is 0 Å². The number of aliphatic hydroxyl groups is 2. The fourth-order valence-corrected chi connectivity index (χ4v) is 4.69. The van der Waals surface area contributed by atoms with Gasteiger partial charge < -0.3 is 14.9 Å². The molecule has 0 aromatic heterocycles. The van der Waals surface area contributed by atoms with Crippen LogP contribution in [0.4, 0.5) is 0 Å². The lowest BCUT2D eigenvalue weighted by molar-refractivity contribution is -0.147. The first kappa shape index (κ1) is 25.5. The van der Waals surface area contributed by atoms with E-state index in [4.69, 9.17) is 4.74 Å². The molecule has 31 heavy (non-hydrogen) atoms. The van der Waals surface area contributed by atoms with Crippen LogP contribution in [-0.2, 0) is 20.7 Å². The molecule has 1 aromatic carbocycles. The highest BCUT2D eigenvalue weighted by Gasteiger charge is 2.40. The Hall–Kier alpha value is -1.72. The van der Waals surface area contributed by atoms with E-state index < -0.39 is 12.2 Å². The first-order chi connectivity index (χ1) is 14.9. The van der Waals surface area contributed by atoms with Crippen molar-refractivity contribution in [3.63, 3.8) is 0 Å². The minimum Gasteiger partial charge on any atom is -0.463 e. The van der Waals surface area contributed by atoms with Gasteiger partial charge in [0.05, 0.1) is 18.3 Å². The second-order valence-corrected chi connectivity index (χ2v) is 9.25. The van der Waals surface area contributed by atoms with Crippen LogP contribution < -0.4 is 0 Å². The van der Waals surface area contributed by atoms with Crippen LogP contribution >= 0.6 is 0 Å². The molecule has 0 spiro atoms. The van der Waals surface area contributed by atoms with Gasteiger partial charge in [-0.25, -0.2) is 0 Å². The highest BCUT2D eigenvalue weighted by atomic mass is 16.5. The molecule has 1 aromatic rings. The lowest BCUT2D eigenvalue weighted by atomic mass is 9.84. The summed E-state index contributed by atoms with van der Waals surface area (Å²) in [5.41, 5.74) is 1.17. The van der Waals surface area contributed by atoms with Crippen molar-refractivity contribution in [2.75, 3.05) is 0 Å². The summed E-state index contributed by atoms with van der Waals surface area (Å²) in [4.78, 5) is 23.9. The third-order valence-electron chi connectivity index (χ3n) is 6.35. The molecule has 0 bridgehead atoms. The molecular formula is C26H40O5.